The van der Waals surface area contributed by atoms with E-state index in [4.69, 9.17) is 10.5 Å². The summed E-state index contributed by atoms with van der Waals surface area (Å²) in [6, 6.07) is 1.53. The second-order valence-corrected chi connectivity index (χ2v) is 3.73. The number of nitrogen functional groups attached to an aromatic ring is 1. The van der Waals surface area contributed by atoms with Crippen molar-refractivity contribution in [3.8, 4) is 0 Å². The molecule has 0 atom stereocenters. The van der Waals surface area contributed by atoms with E-state index in [1.807, 2.05) is 6.92 Å². The second kappa shape index (κ2) is 6.68. The zero-order valence-corrected chi connectivity index (χ0v) is 10.6. The Morgan fingerprint density at radius 2 is 2.06 bits per heavy atom. The predicted octanol–water partition coefficient (Wildman–Crippen LogP) is 1.20. The number of carbonyl (C=O) groups is 2. The molecule has 0 aliphatic heterocycles. The molecule has 0 fully saturated rings. The van der Waals surface area contributed by atoms with Crippen molar-refractivity contribution >= 4 is 17.6 Å². The molecule has 0 radical (unpaired) electrons. The Labute approximate surface area is 106 Å². The molecule has 0 aromatic carbocycles. The first-order valence-electron chi connectivity index (χ1n) is 5.86. The van der Waals surface area contributed by atoms with E-state index in [0.717, 1.165) is 6.42 Å². The molecule has 0 unspecified atom stereocenters. The highest BCUT2D eigenvalue weighted by atomic mass is 16.6. The van der Waals surface area contributed by atoms with Crippen LogP contribution >= 0.6 is 0 Å². The van der Waals surface area contributed by atoms with Crippen LogP contribution in [0.2, 0.25) is 0 Å². The number of rotatable bonds is 6. The van der Waals surface area contributed by atoms with Crippen molar-refractivity contribution in [2.75, 3.05) is 18.9 Å². The lowest BCUT2D eigenvalue weighted by Gasteiger charge is -2.07. The fraction of sp³-hybridized carbons (Fsp3) is 0.500. The van der Waals surface area contributed by atoms with Crippen LogP contribution in [0.25, 0.3) is 0 Å². The minimum Gasteiger partial charge on any atom is -0.463 e. The average molecular weight is 254 g/mol. The molecule has 1 aromatic heterocycles. The molecule has 100 valence electrons. The molecule has 0 aliphatic carbocycles. The smallest absolute Gasteiger partial charge is 0.355 e. The number of aryl methyl sites for hydroxylation is 1. The SMILES string of the molecule is CCCn1cc(N)cc1C(=O)OCC(=O)OCC. The van der Waals surface area contributed by atoms with E-state index in [1.165, 1.54) is 6.07 Å². The number of esters is 2. The van der Waals surface area contributed by atoms with Gasteiger partial charge in [0, 0.05) is 12.7 Å². The third kappa shape index (κ3) is 3.80. The molecule has 0 saturated heterocycles. The molecule has 0 bridgehead atoms. The van der Waals surface area contributed by atoms with Gasteiger partial charge in [-0.15, -0.1) is 0 Å². The third-order valence-corrected chi connectivity index (χ3v) is 2.22. The molecular formula is C12H18N2O4. The number of hydrogen-bond donors (Lipinski definition) is 1. The first kappa shape index (κ1) is 14.1. The van der Waals surface area contributed by atoms with Crippen molar-refractivity contribution in [1.29, 1.82) is 0 Å². The first-order chi connectivity index (χ1) is 8.58. The van der Waals surface area contributed by atoms with Crippen LogP contribution in [0.1, 0.15) is 30.8 Å². The summed E-state index contributed by atoms with van der Waals surface area (Å²) in [4.78, 5) is 22.8. The average Bonchev–Trinajstić information content (AvgIpc) is 2.68. The van der Waals surface area contributed by atoms with Crippen LogP contribution < -0.4 is 5.73 Å². The van der Waals surface area contributed by atoms with Gasteiger partial charge in [-0.3, -0.25) is 0 Å². The van der Waals surface area contributed by atoms with Crippen molar-refractivity contribution in [3.63, 3.8) is 0 Å². The summed E-state index contributed by atoms with van der Waals surface area (Å²) in [7, 11) is 0. The van der Waals surface area contributed by atoms with Gasteiger partial charge in [0.25, 0.3) is 0 Å². The Balaban J connectivity index is 2.63. The molecule has 6 heteroatoms. The van der Waals surface area contributed by atoms with E-state index < -0.39 is 11.9 Å². The van der Waals surface area contributed by atoms with Crippen molar-refractivity contribution in [3.05, 3.63) is 18.0 Å². The molecule has 6 nitrogen and oxygen atoms in total. The third-order valence-electron chi connectivity index (χ3n) is 2.22. The summed E-state index contributed by atoms with van der Waals surface area (Å²) in [5, 5.41) is 0. The molecule has 0 spiro atoms. The Morgan fingerprint density at radius 1 is 1.33 bits per heavy atom. The highest BCUT2D eigenvalue weighted by molar-refractivity contribution is 5.90. The zero-order valence-electron chi connectivity index (χ0n) is 10.6. The maximum Gasteiger partial charge on any atom is 0.355 e. The second-order valence-electron chi connectivity index (χ2n) is 3.73. The van der Waals surface area contributed by atoms with Crippen LogP contribution in [0.4, 0.5) is 5.69 Å². The Morgan fingerprint density at radius 3 is 2.67 bits per heavy atom. The molecule has 0 aliphatic rings. The van der Waals surface area contributed by atoms with Crippen LogP contribution in [0.15, 0.2) is 12.3 Å². The van der Waals surface area contributed by atoms with E-state index in [0.29, 0.717) is 17.9 Å². The summed E-state index contributed by atoms with van der Waals surface area (Å²) in [5.74, 6) is -1.14. The molecule has 0 amide bonds. The van der Waals surface area contributed by atoms with Gasteiger partial charge in [-0.2, -0.15) is 0 Å². The van der Waals surface area contributed by atoms with Crippen LogP contribution in [-0.2, 0) is 20.8 Å². The predicted molar refractivity (Wildman–Crippen MR) is 66.1 cm³/mol. The molecule has 1 heterocycles. The van der Waals surface area contributed by atoms with E-state index in [2.05, 4.69) is 4.74 Å². The van der Waals surface area contributed by atoms with Gasteiger partial charge in [0.05, 0.1) is 12.3 Å². The van der Waals surface area contributed by atoms with E-state index in [-0.39, 0.29) is 13.2 Å². The molecule has 0 saturated carbocycles. The van der Waals surface area contributed by atoms with Gasteiger partial charge in [0.1, 0.15) is 5.69 Å². The lowest BCUT2D eigenvalue weighted by molar-refractivity contribution is -0.146. The maximum atomic E-state index is 11.8. The van der Waals surface area contributed by atoms with Gasteiger partial charge in [-0.25, -0.2) is 9.59 Å². The monoisotopic (exact) mass is 254 g/mol. The van der Waals surface area contributed by atoms with E-state index in [9.17, 15) is 9.59 Å². The molecule has 1 rings (SSSR count). The maximum absolute atomic E-state index is 11.8. The lowest BCUT2D eigenvalue weighted by atomic mass is 10.4. The summed E-state index contributed by atoms with van der Waals surface area (Å²) >= 11 is 0. The molecule has 18 heavy (non-hydrogen) atoms. The standard InChI is InChI=1S/C12H18N2O4/c1-3-5-14-7-9(13)6-10(14)12(16)18-8-11(15)17-4-2/h6-7H,3-5,8,13H2,1-2H3. The van der Waals surface area contributed by atoms with Gasteiger partial charge in [0.15, 0.2) is 6.61 Å². The number of nitrogens with zero attached hydrogens (tertiary/aromatic N) is 1. The van der Waals surface area contributed by atoms with Crippen molar-refractivity contribution in [2.45, 2.75) is 26.8 Å². The highest BCUT2D eigenvalue weighted by Crippen LogP contribution is 2.12. The Hall–Kier alpha value is -1.98. The van der Waals surface area contributed by atoms with Crippen LogP contribution in [0.5, 0.6) is 0 Å². The Bertz CT molecular complexity index is 426. The number of nitrogens with two attached hydrogens (primary N) is 1. The van der Waals surface area contributed by atoms with Gasteiger partial charge in [-0.1, -0.05) is 6.92 Å². The van der Waals surface area contributed by atoms with Gasteiger partial charge >= 0.3 is 11.9 Å². The largest absolute Gasteiger partial charge is 0.463 e. The van der Waals surface area contributed by atoms with Gasteiger partial charge in [0.2, 0.25) is 0 Å². The molecular weight excluding hydrogens is 236 g/mol. The van der Waals surface area contributed by atoms with Crippen LogP contribution in [0.3, 0.4) is 0 Å². The summed E-state index contributed by atoms with van der Waals surface area (Å²) < 4.78 is 11.2. The summed E-state index contributed by atoms with van der Waals surface area (Å²) in [5.41, 5.74) is 6.47. The first-order valence-corrected chi connectivity index (χ1v) is 5.86. The lowest BCUT2D eigenvalue weighted by Crippen LogP contribution is -2.18. The van der Waals surface area contributed by atoms with Crippen molar-refractivity contribution in [1.82, 2.24) is 4.57 Å². The fourth-order valence-electron chi connectivity index (χ4n) is 1.53. The van der Waals surface area contributed by atoms with Crippen molar-refractivity contribution < 1.29 is 19.1 Å². The van der Waals surface area contributed by atoms with Crippen molar-refractivity contribution in [2.24, 2.45) is 0 Å². The number of aromatic nitrogens is 1. The highest BCUT2D eigenvalue weighted by Gasteiger charge is 2.15. The number of hydrogen-bond acceptors (Lipinski definition) is 5. The Kier molecular flexibility index (Phi) is 5.23. The van der Waals surface area contributed by atoms with Gasteiger partial charge < -0.3 is 19.8 Å². The minimum absolute atomic E-state index is 0.259. The normalized spacial score (nSPS) is 10.1. The summed E-state index contributed by atoms with van der Waals surface area (Å²) in [6.45, 7) is 4.22. The van der Waals surface area contributed by atoms with E-state index >= 15 is 0 Å². The topological polar surface area (TPSA) is 83.5 Å². The number of carbonyl (C=O) groups excluding carboxylic acids is 2. The van der Waals surface area contributed by atoms with E-state index in [1.54, 1.807) is 17.7 Å². The fourth-order valence-corrected chi connectivity index (χ4v) is 1.53. The number of anilines is 1. The molecule has 1 aromatic rings. The zero-order chi connectivity index (χ0) is 13.5. The molecule has 2 N–H and O–H groups in total. The van der Waals surface area contributed by atoms with Crippen LogP contribution in [0, 0.1) is 0 Å². The van der Waals surface area contributed by atoms with Gasteiger partial charge in [-0.05, 0) is 19.4 Å². The number of ether oxygens (including phenoxy) is 2. The minimum atomic E-state index is -0.576. The summed E-state index contributed by atoms with van der Waals surface area (Å²) in [6.07, 6.45) is 2.54. The quantitative estimate of drug-likeness (QED) is 0.771. The van der Waals surface area contributed by atoms with Crippen LogP contribution in [-0.4, -0.2) is 29.7 Å².